The van der Waals surface area contributed by atoms with Crippen molar-refractivity contribution in [3.63, 3.8) is 0 Å². The second kappa shape index (κ2) is 11.4. The Hall–Kier alpha value is -2.07. The van der Waals surface area contributed by atoms with E-state index in [1.807, 2.05) is 43.5 Å². The minimum atomic E-state index is -0.425. The molecule has 0 bridgehead atoms. The molecule has 0 saturated carbocycles. The molecule has 11 heteroatoms. The molecule has 1 heterocycles. The van der Waals surface area contributed by atoms with Crippen LogP contribution < -0.4 is 10.6 Å². The van der Waals surface area contributed by atoms with Gasteiger partial charge in [-0.15, -0.1) is 10.2 Å². The minimum absolute atomic E-state index is 0.146. The van der Waals surface area contributed by atoms with E-state index in [1.165, 1.54) is 17.8 Å². The summed E-state index contributed by atoms with van der Waals surface area (Å²) in [4.78, 5) is 25.0. The monoisotopic (exact) mass is 569 g/mol. The molecule has 0 saturated heterocycles. The van der Waals surface area contributed by atoms with Crippen LogP contribution in [0.2, 0.25) is 10.0 Å². The summed E-state index contributed by atoms with van der Waals surface area (Å²) in [6.07, 6.45) is 0. The highest BCUT2D eigenvalue weighted by Crippen LogP contribution is 2.24. The van der Waals surface area contributed by atoms with Gasteiger partial charge in [0.1, 0.15) is 0 Å². The summed E-state index contributed by atoms with van der Waals surface area (Å²) in [6, 6.07) is 9.91. The third kappa shape index (κ3) is 6.50. The van der Waals surface area contributed by atoms with Crippen molar-refractivity contribution in [2.24, 2.45) is 0 Å². The van der Waals surface area contributed by atoms with E-state index in [9.17, 15) is 9.59 Å². The standard InChI is InChI=1S/C22H22BrCl2N5O2S/c1-4-30-20(13(3)26-21(32)16-7-5-14(24)10-18(16)25)28-29-22(30)33-11-19(31)27-15-6-8-17(23)12(2)9-15/h5-10,13H,4,11H2,1-3H3,(H,26,32)(H,27,31)/t13-/m1/s1. The largest absolute Gasteiger partial charge is 0.342 e. The van der Waals surface area contributed by atoms with Gasteiger partial charge in [0.2, 0.25) is 5.91 Å². The molecule has 2 N–H and O–H groups in total. The van der Waals surface area contributed by atoms with Crippen LogP contribution in [-0.2, 0) is 11.3 Å². The van der Waals surface area contributed by atoms with Crippen molar-refractivity contribution >= 4 is 68.4 Å². The Morgan fingerprint density at radius 1 is 1.18 bits per heavy atom. The van der Waals surface area contributed by atoms with Crippen molar-refractivity contribution in [1.82, 2.24) is 20.1 Å². The van der Waals surface area contributed by atoms with Crippen molar-refractivity contribution in [2.75, 3.05) is 11.1 Å². The number of benzene rings is 2. The molecular weight excluding hydrogens is 549 g/mol. The van der Waals surface area contributed by atoms with Gasteiger partial charge in [0.15, 0.2) is 11.0 Å². The predicted molar refractivity (Wildman–Crippen MR) is 136 cm³/mol. The van der Waals surface area contributed by atoms with Gasteiger partial charge in [0, 0.05) is 21.7 Å². The normalized spacial score (nSPS) is 11.8. The number of thioether (sulfide) groups is 1. The predicted octanol–water partition coefficient (Wildman–Crippen LogP) is 5.90. The Labute approximate surface area is 214 Å². The van der Waals surface area contributed by atoms with Crippen LogP contribution in [0.25, 0.3) is 0 Å². The maximum atomic E-state index is 12.6. The summed E-state index contributed by atoms with van der Waals surface area (Å²) < 4.78 is 2.86. The van der Waals surface area contributed by atoms with Gasteiger partial charge >= 0.3 is 0 Å². The Kier molecular flexibility index (Phi) is 8.81. The molecule has 174 valence electrons. The third-order valence-electron chi connectivity index (χ3n) is 4.75. The van der Waals surface area contributed by atoms with Gasteiger partial charge in [-0.3, -0.25) is 9.59 Å². The number of carbonyl (C=O) groups excluding carboxylic acids is 2. The smallest absolute Gasteiger partial charge is 0.253 e. The molecule has 0 fully saturated rings. The van der Waals surface area contributed by atoms with E-state index in [4.69, 9.17) is 23.2 Å². The van der Waals surface area contributed by atoms with Gasteiger partial charge in [0.05, 0.1) is 22.4 Å². The maximum Gasteiger partial charge on any atom is 0.253 e. The molecule has 33 heavy (non-hydrogen) atoms. The number of nitrogens with zero attached hydrogens (tertiary/aromatic N) is 3. The average Bonchev–Trinajstić information content (AvgIpc) is 3.18. The summed E-state index contributed by atoms with van der Waals surface area (Å²) in [6.45, 7) is 6.31. The first-order chi connectivity index (χ1) is 15.7. The number of carbonyl (C=O) groups is 2. The van der Waals surface area contributed by atoms with Crippen LogP contribution in [0.1, 0.15) is 41.6 Å². The molecule has 1 atom stereocenters. The van der Waals surface area contributed by atoms with Crippen molar-refractivity contribution < 1.29 is 9.59 Å². The Balaban J connectivity index is 1.64. The molecular formula is C22H22BrCl2N5O2S. The number of amides is 2. The van der Waals surface area contributed by atoms with Crippen molar-refractivity contribution in [1.29, 1.82) is 0 Å². The first kappa shape index (κ1) is 25.6. The van der Waals surface area contributed by atoms with Crippen LogP contribution in [-0.4, -0.2) is 32.3 Å². The molecule has 0 radical (unpaired) electrons. The lowest BCUT2D eigenvalue weighted by Crippen LogP contribution is -2.29. The zero-order chi connectivity index (χ0) is 24.1. The lowest BCUT2D eigenvalue weighted by atomic mass is 10.2. The Morgan fingerprint density at radius 3 is 2.61 bits per heavy atom. The van der Waals surface area contributed by atoms with Crippen LogP contribution in [0.5, 0.6) is 0 Å². The molecule has 2 aromatic carbocycles. The molecule has 1 aromatic heterocycles. The number of anilines is 1. The fourth-order valence-electron chi connectivity index (χ4n) is 3.09. The summed E-state index contributed by atoms with van der Waals surface area (Å²) in [5, 5.41) is 15.5. The molecule has 3 aromatic rings. The molecule has 7 nitrogen and oxygen atoms in total. The van der Waals surface area contributed by atoms with E-state index in [-0.39, 0.29) is 22.6 Å². The first-order valence-electron chi connectivity index (χ1n) is 10.1. The molecule has 3 rings (SSSR count). The highest BCUT2D eigenvalue weighted by molar-refractivity contribution is 9.10. The number of halogens is 3. The van der Waals surface area contributed by atoms with Gasteiger partial charge in [0.25, 0.3) is 5.91 Å². The van der Waals surface area contributed by atoms with Crippen molar-refractivity contribution in [3.05, 3.63) is 67.9 Å². The van der Waals surface area contributed by atoms with Gasteiger partial charge < -0.3 is 15.2 Å². The second-order valence-electron chi connectivity index (χ2n) is 7.21. The zero-order valence-electron chi connectivity index (χ0n) is 18.2. The second-order valence-corrected chi connectivity index (χ2v) is 9.85. The summed E-state index contributed by atoms with van der Waals surface area (Å²) in [5.74, 6) is 0.275. The van der Waals surface area contributed by atoms with Gasteiger partial charge in [-0.25, -0.2) is 0 Å². The summed E-state index contributed by atoms with van der Waals surface area (Å²) in [5.41, 5.74) is 2.09. The number of hydrogen-bond donors (Lipinski definition) is 2. The summed E-state index contributed by atoms with van der Waals surface area (Å²) >= 11 is 16.8. The van der Waals surface area contributed by atoms with E-state index in [0.717, 1.165) is 15.7 Å². The highest BCUT2D eigenvalue weighted by Gasteiger charge is 2.21. The van der Waals surface area contributed by atoms with Crippen LogP contribution in [0.3, 0.4) is 0 Å². The SMILES string of the molecule is CCn1c(SCC(=O)Nc2ccc(Br)c(C)c2)nnc1[C@@H](C)NC(=O)c1ccc(Cl)cc1Cl. The summed E-state index contributed by atoms with van der Waals surface area (Å²) in [7, 11) is 0. The van der Waals surface area contributed by atoms with E-state index in [2.05, 4.69) is 36.8 Å². The molecule has 2 amide bonds. The van der Waals surface area contributed by atoms with E-state index in [0.29, 0.717) is 28.1 Å². The average molecular weight is 571 g/mol. The van der Waals surface area contributed by atoms with Crippen LogP contribution >= 0.6 is 50.9 Å². The number of nitrogens with one attached hydrogen (secondary N) is 2. The number of aryl methyl sites for hydroxylation is 1. The first-order valence-corrected chi connectivity index (χ1v) is 12.6. The molecule has 0 aliphatic rings. The quantitative estimate of drug-likeness (QED) is 0.329. The van der Waals surface area contributed by atoms with Gasteiger partial charge in [-0.2, -0.15) is 0 Å². The van der Waals surface area contributed by atoms with Crippen LogP contribution in [0.15, 0.2) is 46.0 Å². The van der Waals surface area contributed by atoms with Gasteiger partial charge in [-0.05, 0) is 62.7 Å². The fraction of sp³-hybridized carbons (Fsp3) is 0.273. The van der Waals surface area contributed by atoms with E-state index in [1.54, 1.807) is 12.1 Å². The van der Waals surface area contributed by atoms with Crippen LogP contribution in [0, 0.1) is 6.92 Å². The van der Waals surface area contributed by atoms with E-state index >= 15 is 0 Å². The van der Waals surface area contributed by atoms with Crippen molar-refractivity contribution in [2.45, 2.75) is 38.5 Å². The van der Waals surface area contributed by atoms with Crippen LogP contribution in [0.4, 0.5) is 5.69 Å². The number of hydrogen-bond acceptors (Lipinski definition) is 5. The maximum absolute atomic E-state index is 12.6. The number of rotatable bonds is 8. The molecule has 0 unspecified atom stereocenters. The minimum Gasteiger partial charge on any atom is -0.342 e. The molecule has 0 spiro atoms. The zero-order valence-corrected chi connectivity index (χ0v) is 22.1. The Morgan fingerprint density at radius 2 is 1.94 bits per heavy atom. The lowest BCUT2D eigenvalue weighted by molar-refractivity contribution is -0.113. The van der Waals surface area contributed by atoms with E-state index < -0.39 is 6.04 Å². The molecule has 0 aliphatic carbocycles. The fourth-order valence-corrected chi connectivity index (χ4v) is 4.64. The lowest BCUT2D eigenvalue weighted by Gasteiger charge is -2.15. The topological polar surface area (TPSA) is 88.9 Å². The van der Waals surface area contributed by atoms with Crippen molar-refractivity contribution in [3.8, 4) is 0 Å². The molecule has 0 aliphatic heterocycles. The Bertz CT molecular complexity index is 1190. The van der Waals surface area contributed by atoms with Gasteiger partial charge in [-0.1, -0.05) is 50.9 Å². The third-order valence-corrected chi connectivity index (χ3v) is 7.15. The highest BCUT2D eigenvalue weighted by atomic mass is 79.9. The number of aromatic nitrogens is 3.